The molecule has 1 aliphatic rings. The fraction of sp³-hybridized carbons (Fsp3) is 0.571. The van der Waals surface area contributed by atoms with E-state index in [2.05, 4.69) is 15.2 Å². The van der Waals surface area contributed by atoms with Gasteiger partial charge in [0.25, 0.3) is 0 Å². The second-order valence-corrected chi connectivity index (χ2v) is 5.83. The third-order valence-electron chi connectivity index (χ3n) is 4.23. The van der Waals surface area contributed by atoms with E-state index in [9.17, 15) is 4.79 Å². The molecule has 0 spiro atoms. The summed E-state index contributed by atoms with van der Waals surface area (Å²) in [4.78, 5) is 15.4. The SMILES string of the molecule is Cc1cc2nnc(CC3(CC(=O)O)CCCC3)n2cn1. The van der Waals surface area contributed by atoms with Gasteiger partial charge in [0.1, 0.15) is 12.2 Å². The molecule has 1 aliphatic carbocycles. The Labute approximate surface area is 116 Å². The van der Waals surface area contributed by atoms with Crippen LogP contribution in [0.3, 0.4) is 0 Å². The highest BCUT2D eigenvalue weighted by Gasteiger charge is 2.37. The molecule has 1 fully saturated rings. The van der Waals surface area contributed by atoms with Gasteiger partial charge in [0.15, 0.2) is 5.65 Å². The molecule has 3 rings (SSSR count). The van der Waals surface area contributed by atoms with Gasteiger partial charge in [-0.1, -0.05) is 12.8 Å². The quantitative estimate of drug-likeness (QED) is 0.922. The zero-order chi connectivity index (χ0) is 14.2. The molecule has 1 N–H and O–H groups in total. The molecule has 2 heterocycles. The van der Waals surface area contributed by atoms with Crippen LogP contribution in [-0.4, -0.2) is 30.7 Å². The first-order chi connectivity index (χ1) is 9.58. The molecule has 2 aromatic heterocycles. The molecule has 0 saturated heterocycles. The molecule has 6 nitrogen and oxygen atoms in total. The van der Waals surface area contributed by atoms with Gasteiger partial charge in [-0.15, -0.1) is 10.2 Å². The van der Waals surface area contributed by atoms with E-state index in [-0.39, 0.29) is 11.8 Å². The lowest BCUT2D eigenvalue weighted by Gasteiger charge is -2.25. The molecular formula is C14H18N4O2. The van der Waals surface area contributed by atoms with Crippen LogP contribution in [-0.2, 0) is 11.2 Å². The maximum absolute atomic E-state index is 11.1. The fourth-order valence-corrected chi connectivity index (χ4v) is 3.25. The van der Waals surface area contributed by atoms with Gasteiger partial charge in [-0.05, 0) is 25.2 Å². The first-order valence-corrected chi connectivity index (χ1v) is 6.96. The summed E-state index contributed by atoms with van der Waals surface area (Å²) in [7, 11) is 0. The van der Waals surface area contributed by atoms with Crippen molar-refractivity contribution < 1.29 is 9.90 Å². The van der Waals surface area contributed by atoms with Crippen molar-refractivity contribution in [1.82, 2.24) is 19.6 Å². The molecular weight excluding hydrogens is 256 g/mol. The van der Waals surface area contributed by atoms with E-state index < -0.39 is 5.97 Å². The van der Waals surface area contributed by atoms with Gasteiger partial charge < -0.3 is 5.11 Å². The van der Waals surface area contributed by atoms with Gasteiger partial charge >= 0.3 is 5.97 Å². The van der Waals surface area contributed by atoms with Crippen LogP contribution < -0.4 is 0 Å². The molecule has 0 radical (unpaired) electrons. The maximum atomic E-state index is 11.1. The first kappa shape index (κ1) is 13.0. The summed E-state index contributed by atoms with van der Waals surface area (Å²) < 4.78 is 1.87. The largest absolute Gasteiger partial charge is 0.481 e. The zero-order valence-electron chi connectivity index (χ0n) is 11.5. The summed E-state index contributed by atoms with van der Waals surface area (Å²) in [5.74, 6) is 0.0883. The predicted octanol–water partition coefficient (Wildman–Crippen LogP) is 2.01. The molecule has 1 saturated carbocycles. The van der Waals surface area contributed by atoms with Crippen LogP contribution in [0.5, 0.6) is 0 Å². The second kappa shape index (κ2) is 4.85. The number of carboxylic acid groups (broad SMARTS) is 1. The van der Waals surface area contributed by atoms with E-state index in [1.54, 1.807) is 6.33 Å². The predicted molar refractivity (Wildman–Crippen MR) is 72.4 cm³/mol. The maximum Gasteiger partial charge on any atom is 0.303 e. The third-order valence-corrected chi connectivity index (χ3v) is 4.23. The Balaban J connectivity index is 1.92. The van der Waals surface area contributed by atoms with Crippen LogP contribution in [0.25, 0.3) is 5.65 Å². The minimum Gasteiger partial charge on any atom is -0.481 e. The van der Waals surface area contributed by atoms with Crippen molar-refractivity contribution in [2.75, 3.05) is 0 Å². The van der Waals surface area contributed by atoms with Gasteiger partial charge in [-0.3, -0.25) is 9.20 Å². The monoisotopic (exact) mass is 274 g/mol. The Morgan fingerprint density at radius 1 is 1.40 bits per heavy atom. The highest BCUT2D eigenvalue weighted by atomic mass is 16.4. The van der Waals surface area contributed by atoms with Gasteiger partial charge in [-0.25, -0.2) is 4.98 Å². The van der Waals surface area contributed by atoms with E-state index in [4.69, 9.17) is 5.11 Å². The van der Waals surface area contributed by atoms with Crippen molar-refractivity contribution in [3.63, 3.8) is 0 Å². The highest BCUT2D eigenvalue weighted by molar-refractivity contribution is 5.67. The van der Waals surface area contributed by atoms with Gasteiger partial charge in [0, 0.05) is 18.2 Å². The normalized spacial score (nSPS) is 17.6. The highest BCUT2D eigenvalue weighted by Crippen LogP contribution is 2.43. The number of rotatable bonds is 4. The molecule has 2 aromatic rings. The lowest BCUT2D eigenvalue weighted by molar-refractivity contribution is -0.139. The summed E-state index contributed by atoms with van der Waals surface area (Å²) in [5.41, 5.74) is 1.51. The summed E-state index contributed by atoms with van der Waals surface area (Å²) in [6.45, 7) is 1.91. The van der Waals surface area contributed by atoms with Crippen molar-refractivity contribution in [2.45, 2.75) is 45.4 Å². The third kappa shape index (κ3) is 2.37. The second-order valence-electron chi connectivity index (χ2n) is 5.83. The molecule has 0 aromatic carbocycles. The van der Waals surface area contributed by atoms with E-state index in [0.717, 1.165) is 42.8 Å². The molecule has 0 bridgehead atoms. The summed E-state index contributed by atoms with van der Waals surface area (Å²) in [6, 6.07) is 1.88. The average molecular weight is 274 g/mol. The zero-order valence-corrected chi connectivity index (χ0v) is 11.5. The lowest BCUT2D eigenvalue weighted by Crippen LogP contribution is -2.25. The number of nitrogens with zero attached hydrogens (tertiary/aromatic N) is 4. The number of carbonyl (C=O) groups is 1. The Kier molecular flexibility index (Phi) is 3.16. The van der Waals surface area contributed by atoms with E-state index in [1.165, 1.54) is 0 Å². The molecule has 20 heavy (non-hydrogen) atoms. The number of carboxylic acids is 1. The van der Waals surface area contributed by atoms with E-state index in [0.29, 0.717) is 6.42 Å². The molecule has 106 valence electrons. The summed E-state index contributed by atoms with van der Waals surface area (Å²) in [5, 5.41) is 17.6. The fourth-order valence-electron chi connectivity index (χ4n) is 3.25. The Morgan fingerprint density at radius 3 is 2.85 bits per heavy atom. The van der Waals surface area contributed by atoms with E-state index in [1.807, 2.05) is 17.4 Å². The van der Waals surface area contributed by atoms with Crippen molar-refractivity contribution >= 4 is 11.6 Å². The van der Waals surface area contributed by atoms with Crippen LogP contribution in [0, 0.1) is 12.3 Å². The van der Waals surface area contributed by atoms with Gasteiger partial charge in [0.05, 0.1) is 6.42 Å². The number of hydrogen-bond acceptors (Lipinski definition) is 4. The average Bonchev–Trinajstić information content (AvgIpc) is 2.97. The van der Waals surface area contributed by atoms with Crippen molar-refractivity contribution in [3.05, 3.63) is 23.9 Å². The summed E-state index contributed by atoms with van der Waals surface area (Å²) in [6.07, 6.45) is 6.69. The number of aromatic nitrogens is 4. The molecule has 0 amide bonds. The Bertz CT molecular complexity index is 644. The Morgan fingerprint density at radius 2 is 2.15 bits per heavy atom. The van der Waals surface area contributed by atoms with Crippen molar-refractivity contribution in [1.29, 1.82) is 0 Å². The topological polar surface area (TPSA) is 80.4 Å². The number of aryl methyl sites for hydroxylation is 1. The molecule has 6 heteroatoms. The minimum atomic E-state index is -0.727. The summed E-state index contributed by atoms with van der Waals surface area (Å²) >= 11 is 0. The number of hydrogen-bond donors (Lipinski definition) is 1. The van der Waals surface area contributed by atoms with E-state index >= 15 is 0 Å². The van der Waals surface area contributed by atoms with Crippen LogP contribution in [0.2, 0.25) is 0 Å². The standard InChI is InChI=1S/C14H18N4O2/c1-10-6-11-16-17-12(18(11)9-15-10)7-14(8-13(19)20)4-2-3-5-14/h6,9H,2-5,7-8H2,1H3,(H,19,20). The minimum absolute atomic E-state index is 0.167. The van der Waals surface area contributed by atoms with Crippen molar-refractivity contribution in [2.24, 2.45) is 5.41 Å². The molecule has 0 aliphatic heterocycles. The Hall–Kier alpha value is -1.98. The van der Waals surface area contributed by atoms with Gasteiger partial charge in [0.2, 0.25) is 0 Å². The number of fused-ring (bicyclic) bond motifs is 1. The van der Waals surface area contributed by atoms with Crippen LogP contribution in [0.4, 0.5) is 0 Å². The number of aliphatic carboxylic acids is 1. The van der Waals surface area contributed by atoms with Crippen molar-refractivity contribution in [3.8, 4) is 0 Å². The first-order valence-electron chi connectivity index (χ1n) is 6.96. The van der Waals surface area contributed by atoms with Crippen LogP contribution >= 0.6 is 0 Å². The van der Waals surface area contributed by atoms with Crippen LogP contribution in [0.1, 0.15) is 43.6 Å². The molecule has 0 atom stereocenters. The molecule has 0 unspecified atom stereocenters. The lowest BCUT2D eigenvalue weighted by atomic mass is 9.79. The van der Waals surface area contributed by atoms with Gasteiger partial charge in [-0.2, -0.15) is 0 Å². The van der Waals surface area contributed by atoms with Crippen LogP contribution in [0.15, 0.2) is 12.4 Å². The smallest absolute Gasteiger partial charge is 0.303 e.